The van der Waals surface area contributed by atoms with Gasteiger partial charge in [0.05, 0.1) is 24.2 Å². The number of hydrogen-bond donors (Lipinski definition) is 3. The van der Waals surface area contributed by atoms with Crippen LogP contribution in [0.25, 0.3) is 11.0 Å². The van der Waals surface area contributed by atoms with Gasteiger partial charge in [-0.05, 0) is 67.3 Å². The van der Waals surface area contributed by atoms with E-state index in [2.05, 4.69) is 15.6 Å². The number of fused-ring (bicyclic) bond motifs is 3. The van der Waals surface area contributed by atoms with Crippen LogP contribution in [0.1, 0.15) is 43.1 Å². The summed E-state index contributed by atoms with van der Waals surface area (Å²) in [7, 11) is 1.66. The zero-order valence-corrected chi connectivity index (χ0v) is 17.2. The second kappa shape index (κ2) is 8.01. The lowest BCUT2D eigenvalue weighted by molar-refractivity contribution is 0.226. The summed E-state index contributed by atoms with van der Waals surface area (Å²) >= 11 is 0. The lowest BCUT2D eigenvalue weighted by atomic mass is 9.95. The summed E-state index contributed by atoms with van der Waals surface area (Å²) in [5.74, 6) is 3.04. The minimum Gasteiger partial charge on any atom is -0.497 e. The van der Waals surface area contributed by atoms with Crippen LogP contribution >= 0.6 is 0 Å². The van der Waals surface area contributed by atoms with Crippen LogP contribution < -0.4 is 15.4 Å². The van der Waals surface area contributed by atoms with Gasteiger partial charge in [-0.1, -0.05) is 30.7 Å². The van der Waals surface area contributed by atoms with Gasteiger partial charge in [0.15, 0.2) is 0 Å². The second-order valence-electron chi connectivity index (χ2n) is 8.64. The minimum atomic E-state index is -0.246. The molecule has 6 heteroatoms. The summed E-state index contributed by atoms with van der Waals surface area (Å²) in [5.41, 5.74) is 2.99. The van der Waals surface area contributed by atoms with Gasteiger partial charge in [-0.15, -0.1) is 0 Å². The molecule has 30 heavy (non-hydrogen) atoms. The molecule has 4 atom stereocenters. The number of para-hydroxylation sites is 2. The van der Waals surface area contributed by atoms with Crippen molar-refractivity contribution in [3.05, 3.63) is 59.9 Å². The molecule has 2 saturated carbocycles. The molecule has 3 aromatic rings. The van der Waals surface area contributed by atoms with Crippen LogP contribution in [0.3, 0.4) is 0 Å². The van der Waals surface area contributed by atoms with Crippen molar-refractivity contribution in [1.29, 1.82) is 0 Å². The fourth-order valence-electron chi connectivity index (χ4n) is 5.14. The van der Waals surface area contributed by atoms with E-state index in [1.165, 1.54) is 19.3 Å². The molecule has 3 unspecified atom stereocenters. The van der Waals surface area contributed by atoms with Crippen LogP contribution in [-0.4, -0.2) is 29.2 Å². The number of hydrogen-bond acceptors (Lipinski definition) is 3. The smallest absolute Gasteiger partial charge is 0.315 e. The first kappa shape index (κ1) is 19.0. The van der Waals surface area contributed by atoms with Crippen LogP contribution in [0.4, 0.5) is 4.79 Å². The average Bonchev–Trinajstić information content (AvgIpc) is 3.49. The number of carbonyl (C=O) groups is 1. The summed E-state index contributed by atoms with van der Waals surface area (Å²) in [6, 6.07) is 15.9. The first-order chi connectivity index (χ1) is 14.7. The predicted molar refractivity (Wildman–Crippen MR) is 116 cm³/mol. The number of benzene rings is 2. The molecule has 0 radical (unpaired) electrons. The summed E-state index contributed by atoms with van der Waals surface area (Å²) in [5, 5.41) is 6.42. The highest BCUT2D eigenvalue weighted by Crippen LogP contribution is 2.44. The summed E-state index contributed by atoms with van der Waals surface area (Å²) < 4.78 is 5.26. The number of urea groups is 1. The molecule has 0 saturated heterocycles. The van der Waals surface area contributed by atoms with E-state index in [-0.39, 0.29) is 12.1 Å². The maximum absolute atomic E-state index is 12.9. The number of nitrogens with one attached hydrogen (secondary N) is 3. The highest BCUT2D eigenvalue weighted by Gasteiger charge is 2.40. The van der Waals surface area contributed by atoms with Crippen molar-refractivity contribution in [1.82, 2.24) is 20.6 Å². The third-order valence-corrected chi connectivity index (χ3v) is 6.70. The van der Waals surface area contributed by atoms with Gasteiger partial charge < -0.3 is 20.4 Å². The van der Waals surface area contributed by atoms with E-state index in [4.69, 9.17) is 9.72 Å². The van der Waals surface area contributed by atoms with E-state index < -0.39 is 0 Å². The van der Waals surface area contributed by atoms with Gasteiger partial charge in [-0.2, -0.15) is 0 Å². The lowest BCUT2D eigenvalue weighted by Gasteiger charge is -2.25. The number of rotatable bonds is 6. The number of H-pyrrole nitrogens is 1. The lowest BCUT2D eigenvalue weighted by Crippen LogP contribution is -2.46. The molecule has 1 heterocycles. The normalized spacial score (nSPS) is 23.4. The van der Waals surface area contributed by atoms with Crippen molar-refractivity contribution in [2.24, 2.45) is 11.8 Å². The average molecular weight is 405 g/mol. The molecular formula is C24H28N4O2. The Kier molecular flexibility index (Phi) is 5.07. The number of carbonyl (C=O) groups excluding carboxylic acids is 1. The largest absolute Gasteiger partial charge is 0.497 e. The maximum atomic E-state index is 12.9. The van der Waals surface area contributed by atoms with Crippen LogP contribution in [-0.2, 0) is 6.42 Å². The van der Waals surface area contributed by atoms with Crippen LogP contribution in [0.2, 0.25) is 0 Å². The van der Waals surface area contributed by atoms with Gasteiger partial charge in [0.2, 0.25) is 0 Å². The Morgan fingerprint density at radius 3 is 2.70 bits per heavy atom. The molecule has 156 valence electrons. The van der Waals surface area contributed by atoms with E-state index in [1.54, 1.807) is 7.11 Å². The molecule has 6 nitrogen and oxygen atoms in total. The monoisotopic (exact) mass is 404 g/mol. The standard InChI is InChI=1S/C24H28N4O2/c1-30-18-10-7-15(8-11-18)13-22(23-25-19-4-2-3-5-20(19)26-23)28-24(29)27-21-14-16-6-9-17(21)12-16/h2-5,7-8,10-11,16-17,21-22H,6,9,12-14H2,1H3,(H,25,26)(H2,27,28,29)/t16?,17?,21?,22-/m1/s1. The van der Waals surface area contributed by atoms with Crippen LogP contribution in [0, 0.1) is 11.8 Å². The van der Waals surface area contributed by atoms with Crippen LogP contribution in [0.5, 0.6) is 5.75 Å². The van der Waals surface area contributed by atoms with Crippen molar-refractivity contribution >= 4 is 17.1 Å². The Balaban J connectivity index is 1.34. The van der Waals surface area contributed by atoms with Gasteiger partial charge in [0, 0.05) is 6.04 Å². The molecule has 2 aromatic carbocycles. The number of ether oxygens (including phenoxy) is 1. The van der Waals surface area contributed by atoms with Gasteiger partial charge in [-0.25, -0.2) is 9.78 Å². The van der Waals surface area contributed by atoms with E-state index in [9.17, 15) is 4.79 Å². The Morgan fingerprint density at radius 1 is 1.17 bits per heavy atom. The molecule has 2 amide bonds. The zero-order valence-electron chi connectivity index (χ0n) is 17.2. The number of methoxy groups -OCH3 is 1. The summed E-state index contributed by atoms with van der Waals surface area (Å²) in [6.45, 7) is 0. The van der Waals surface area contributed by atoms with Gasteiger partial charge in [0.25, 0.3) is 0 Å². The molecule has 2 bridgehead atoms. The van der Waals surface area contributed by atoms with Crippen molar-refractivity contribution in [3.63, 3.8) is 0 Å². The fraction of sp³-hybridized carbons (Fsp3) is 0.417. The second-order valence-corrected chi connectivity index (χ2v) is 8.64. The first-order valence-electron chi connectivity index (χ1n) is 10.8. The third kappa shape index (κ3) is 3.86. The number of amides is 2. The number of aromatic amines is 1. The summed E-state index contributed by atoms with van der Waals surface area (Å²) in [6.07, 6.45) is 5.60. The number of imidazole rings is 1. The Labute approximate surface area is 176 Å². The SMILES string of the molecule is COc1ccc(C[C@@H](NC(=O)NC2CC3CCC2C3)c2nc3ccccc3[nH]2)cc1. The molecule has 2 fully saturated rings. The Hall–Kier alpha value is -3.02. The molecule has 0 spiro atoms. The number of aromatic nitrogens is 2. The van der Waals surface area contributed by atoms with Crippen molar-refractivity contribution in [2.45, 2.75) is 44.2 Å². The number of nitrogens with zero attached hydrogens (tertiary/aromatic N) is 1. The van der Waals surface area contributed by atoms with Crippen molar-refractivity contribution in [3.8, 4) is 5.75 Å². The maximum Gasteiger partial charge on any atom is 0.315 e. The van der Waals surface area contributed by atoms with Gasteiger partial charge in [-0.3, -0.25) is 0 Å². The van der Waals surface area contributed by atoms with Crippen molar-refractivity contribution in [2.75, 3.05) is 7.11 Å². The van der Waals surface area contributed by atoms with Gasteiger partial charge in [0.1, 0.15) is 11.6 Å². The highest BCUT2D eigenvalue weighted by atomic mass is 16.5. The zero-order chi connectivity index (χ0) is 20.5. The quantitative estimate of drug-likeness (QED) is 0.572. The molecule has 0 aliphatic heterocycles. The predicted octanol–water partition coefficient (Wildman–Crippen LogP) is 4.34. The molecule has 2 aliphatic carbocycles. The molecule has 5 rings (SSSR count). The summed E-state index contributed by atoms with van der Waals surface area (Å²) in [4.78, 5) is 21.0. The molecular weight excluding hydrogens is 376 g/mol. The first-order valence-corrected chi connectivity index (χ1v) is 10.8. The third-order valence-electron chi connectivity index (χ3n) is 6.70. The minimum absolute atomic E-state index is 0.105. The van der Waals surface area contributed by atoms with E-state index in [0.717, 1.165) is 40.5 Å². The van der Waals surface area contributed by atoms with Gasteiger partial charge >= 0.3 is 6.03 Å². The van der Waals surface area contributed by atoms with E-state index >= 15 is 0 Å². The fourth-order valence-corrected chi connectivity index (χ4v) is 5.14. The highest BCUT2D eigenvalue weighted by molar-refractivity contribution is 5.76. The molecule has 2 aliphatic rings. The van der Waals surface area contributed by atoms with Crippen LogP contribution in [0.15, 0.2) is 48.5 Å². The van der Waals surface area contributed by atoms with Crippen molar-refractivity contribution < 1.29 is 9.53 Å². The van der Waals surface area contributed by atoms with E-state index in [0.29, 0.717) is 18.4 Å². The topological polar surface area (TPSA) is 79.0 Å². The molecule has 1 aromatic heterocycles. The van der Waals surface area contributed by atoms with E-state index in [1.807, 2.05) is 48.5 Å². The Morgan fingerprint density at radius 2 is 2.00 bits per heavy atom. The Bertz CT molecular complexity index is 996. The molecule has 3 N–H and O–H groups in total.